The fraction of sp³-hybridized carbons (Fsp3) is 0.0455. The minimum atomic E-state index is -0.0719. The molecule has 0 atom stereocenters. The lowest BCUT2D eigenvalue weighted by atomic mass is 10.1. The Morgan fingerprint density at radius 1 is 0.923 bits per heavy atom. The van der Waals surface area contributed by atoms with E-state index < -0.39 is 0 Å². The Morgan fingerprint density at radius 2 is 1.58 bits per heavy atom. The molecule has 0 aromatic heterocycles. The van der Waals surface area contributed by atoms with Gasteiger partial charge in [0.1, 0.15) is 5.75 Å². The van der Waals surface area contributed by atoms with Crippen molar-refractivity contribution in [3.8, 4) is 5.75 Å². The van der Waals surface area contributed by atoms with Crippen molar-refractivity contribution in [3.05, 3.63) is 101 Å². The van der Waals surface area contributed by atoms with Crippen molar-refractivity contribution in [3.63, 3.8) is 0 Å². The number of benzene rings is 3. The summed E-state index contributed by atoms with van der Waals surface area (Å²) >= 11 is 3.44. The van der Waals surface area contributed by atoms with E-state index in [1.165, 1.54) is 0 Å². The third kappa shape index (κ3) is 4.41. The lowest BCUT2D eigenvalue weighted by Crippen LogP contribution is -2.04. The molecule has 3 aromatic rings. The molecule has 3 nitrogen and oxygen atoms in total. The highest BCUT2D eigenvalue weighted by atomic mass is 79.9. The number of anilines is 1. The van der Waals surface area contributed by atoms with Crippen LogP contribution in [0.5, 0.6) is 5.75 Å². The van der Waals surface area contributed by atoms with E-state index in [0.717, 1.165) is 27.2 Å². The molecule has 1 N–H and O–H groups in total. The average molecular weight is 408 g/mol. The van der Waals surface area contributed by atoms with Crippen LogP contribution in [0.25, 0.3) is 5.70 Å². The normalized spacial score (nSPS) is 11.1. The van der Waals surface area contributed by atoms with Crippen LogP contribution in [0.15, 0.2) is 89.4 Å². The molecule has 0 aliphatic heterocycles. The molecule has 130 valence electrons. The summed E-state index contributed by atoms with van der Waals surface area (Å²) in [5.74, 6) is 0.711. The van der Waals surface area contributed by atoms with Crippen LogP contribution in [0.4, 0.5) is 5.69 Å². The van der Waals surface area contributed by atoms with E-state index in [0.29, 0.717) is 5.56 Å². The molecule has 0 bridgehead atoms. The lowest BCUT2D eigenvalue weighted by Gasteiger charge is -2.12. The highest BCUT2D eigenvalue weighted by Gasteiger charge is 2.10. The van der Waals surface area contributed by atoms with Crippen LogP contribution in [0.3, 0.4) is 0 Å². The molecular weight excluding hydrogens is 390 g/mol. The van der Waals surface area contributed by atoms with Crippen LogP contribution < -0.4 is 10.1 Å². The summed E-state index contributed by atoms with van der Waals surface area (Å²) < 4.78 is 5.97. The molecular formula is C22H18BrNO2. The molecule has 0 unspecified atom stereocenters. The van der Waals surface area contributed by atoms with Crippen molar-refractivity contribution < 1.29 is 9.53 Å². The third-order valence-corrected chi connectivity index (χ3v) is 4.56. The topological polar surface area (TPSA) is 38.3 Å². The largest absolute Gasteiger partial charge is 0.497 e. The SMILES string of the molecule is COc1ccc(N/C(=C\C(=O)c2ccccc2Br)c2ccccc2)cc1. The highest BCUT2D eigenvalue weighted by Crippen LogP contribution is 2.23. The van der Waals surface area contributed by atoms with E-state index in [1.54, 1.807) is 19.3 Å². The minimum Gasteiger partial charge on any atom is -0.497 e. The number of hydrogen-bond donors (Lipinski definition) is 1. The average Bonchev–Trinajstić information content (AvgIpc) is 2.69. The van der Waals surface area contributed by atoms with Gasteiger partial charge in [-0.1, -0.05) is 58.4 Å². The summed E-state index contributed by atoms with van der Waals surface area (Å²) in [7, 11) is 1.63. The first kappa shape index (κ1) is 18.0. The third-order valence-electron chi connectivity index (χ3n) is 3.87. The van der Waals surface area contributed by atoms with Crippen LogP contribution >= 0.6 is 15.9 Å². The smallest absolute Gasteiger partial charge is 0.189 e. The molecule has 0 radical (unpaired) electrons. The van der Waals surface area contributed by atoms with Gasteiger partial charge < -0.3 is 10.1 Å². The first-order chi connectivity index (χ1) is 12.7. The Bertz CT molecular complexity index is 918. The van der Waals surface area contributed by atoms with Gasteiger partial charge in [-0.3, -0.25) is 4.79 Å². The number of allylic oxidation sites excluding steroid dienone is 1. The minimum absolute atomic E-state index is 0.0719. The number of carbonyl (C=O) groups is 1. The lowest BCUT2D eigenvalue weighted by molar-refractivity contribution is 0.104. The van der Waals surface area contributed by atoms with Crippen molar-refractivity contribution in [1.29, 1.82) is 0 Å². The van der Waals surface area contributed by atoms with Crippen molar-refractivity contribution >= 4 is 33.1 Å². The Balaban J connectivity index is 1.95. The van der Waals surface area contributed by atoms with Gasteiger partial charge in [-0.25, -0.2) is 0 Å². The molecule has 0 spiro atoms. The molecule has 0 amide bonds. The van der Waals surface area contributed by atoms with Gasteiger partial charge in [-0.15, -0.1) is 0 Å². The molecule has 4 heteroatoms. The second-order valence-corrected chi connectivity index (χ2v) is 6.48. The van der Waals surface area contributed by atoms with E-state index in [9.17, 15) is 4.79 Å². The number of ketones is 1. The molecule has 3 aromatic carbocycles. The fourth-order valence-electron chi connectivity index (χ4n) is 2.51. The van der Waals surface area contributed by atoms with Gasteiger partial charge >= 0.3 is 0 Å². The summed E-state index contributed by atoms with van der Waals surface area (Å²) in [6, 6.07) is 24.8. The number of carbonyl (C=O) groups excluding carboxylic acids is 1. The van der Waals surface area contributed by atoms with Crippen molar-refractivity contribution in [1.82, 2.24) is 0 Å². The van der Waals surface area contributed by atoms with Crippen molar-refractivity contribution in [2.24, 2.45) is 0 Å². The fourth-order valence-corrected chi connectivity index (χ4v) is 2.99. The summed E-state index contributed by atoms with van der Waals surface area (Å²) in [5, 5.41) is 3.34. The van der Waals surface area contributed by atoms with Crippen LogP contribution in [0, 0.1) is 0 Å². The molecule has 0 aliphatic carbocycles. The second-order valence-electron chi connectivity index (χ2n) is 5.62. The van der Waals surface area contributed by atoms with Gasteiger partial charge in [0.25, 0.3) is 0 Å². The Hall–Kier alpha value is -2.85. The number of hydrogen-bond acceptors (Lipinski definition) is 3. The number of ether oxygens (including phenoxy) is 1. The number of nitrogens with one attached hydrogen (secondary N) is 1. The highest BCUT2D eigenvalue weighted by molar-refractivity contribution is 9.10. The summed E-state index contributed by atoms with van der Waals surface area (Å²) in [5.41, 5.74) is 3.17. The molecule has 3 rings (SSSR count). The predicted octanol–water partition coefficient (Wildman–Crippen LogP) is 5.79. The van der Waals surface area contributed by atoms with Crippen molar-refractivity contribution in [2.45, 2.75) is 0 Å². The maximum atomic E-state index is 12.8. The van der Waals surface area contributed by atoms with E-state index in [4.69, 9.17) is 4.74 Å². The van der Waals surface area contributed by atoms with Crippen LogP contribution in [-0.4, -0.2) is 12.9 Å². The summed E-state index contributed by atoms with van der Waals surface area (Å²) in [4.78, 5) is 12.8. The first-order valence-corrected chi connectivity index (χ1v) is 8.94. The van der Waals surface area contributed by atoms with Crippen molar-refractivity contribution in [2.75, 3.05) is 12.4 Å². The summed E-state index contributed by atoms with van der Waals surface area (Å²) in [6.07, 6.45) is 1.62. The maximum Gasteiger partial charge on any atom is 0.189 e. The second kappa shape index (κ2) is 8.50. The van der Waals surface area contributed by atoms with E-state index in [1.807, 2.05) is 72.8 Å². The van der Waals surface area contributed by atoms with E-state index in [-0.39, 0.29) is 5.78 Å². The van der Waals surface area contributed by atoms with Gasteiger partial charge in [0.05, 0.1) is 7.11 Å². The summed E-state index contributed by atoms with van der Waals surface area (Å²) in [6.45, 7) is 0. The maximum absolute atomic E-state index is 12.8. The van der Waals surface area contributed by atoms with Gasteiger partial charge in [-0.2, -0.15) is 0 Å². The standard InChI is InChI=1S/C22H18BrNO2/c1-26-18-13-11-17(12-14-18)24-21(16-7-3-2-4-8-16)15-22(25)19-9-5-6-10-20(19)23/h2-15,24H,1H3/b21-15-. The molecule has 0 saturated carbocycles. The molecule has 26 heavy (non-hydrogen) atoms. The van der Waals surface area contributed by atoms with E-state index >= 15 is 0 Å². The molecule has 0 saturated heterocycles. The van der Waals surface area contributed by atoms with Gasteiger partial charge in [-0.05, 0) is 42.0 Å². The Kier molecular flexibility index (Phi) is 5.87. The first-order valence-electron chi connectivity index (χ1n) is 8.14. The van der Waals surface area contributed by atoms with Gasteiger partial charge in [0, 0.05) is 27.5 Å². The molecule has 0 aliphatic rings. The monoisotopic (exact) mass is 407 g/mol. The zero-order chi connectivity index (χ0) is 18.4. The number of halogens is 1. The Labute approximate surface area is 161 Å². The molecule has 0 heterocycles. The predicted molar refractivity (Wildman–Crippen MR) is 110 cm³/mol. The quantitative estimate of drug-likeness (QED) is 0.414. The number of methoxy groups -OCH3 is 1. The Morgan fingerprint density at radius 3 is 2.23 bits per heavy atom. The van der Waals surface area contributed by atoms with Crippen LogP contribution in [0.1, 0.15) is 15.9 Å². The number of rotatable bonds is 6. The zero-order valence-corrected chi connectivity index (χ0v) is 15.9. The van der Waals surface area contributed by atoms with E-state index in [2.05, 4.69) is 21.2 Å². The van der Waals surface area contributed by atoms with Crippen LogP contribution in [-0.2, 0) is 0 Å². The van der Waals surface area contributed by atoms with Crippen LogP contribution in [0.2, 0.25) is 0 Å². The van der Waals surface area contributed by atoms with Gasteiger partial charge in [0.15, 0.2) is 5.78 Å². The molecule has 0 fully saturated rings. The van der Waals surface area contributed by atoms with Gasteiger partial charge in [0.2, 0.25) is 0 Å². The zero-order valence-electron chi connectivity index (χ0n) is 14.3.